The van der Waals surface area contributed by atoms with Gasteiger partial charge >= 0.3 is 17.9 Å². The molecule has 0 unspecified atom stereocenters. The molecule has 208 valence electrons. The summed E-state index contributed by atoms with van der Waals surface area (Å²) in [5.74, 6) is 0. The van der Waals surface area contributed by atoms with Crippen molar-refractivity contribution in [3.05, 3.63) is 41.6 Å². The van der Waals surface area contributed by atoms with Gasteiger partial charge in [0.1, 0.15) is 0 Å². The highest BCUT2D eigenvalue weighted by atomic mass is 28.6. The zero-order chi connectivity index (χ0) is 28.3. The van der Waals surface area contributed by atoms with E-state index < -0.39 is 59.4 Å². The van der Waals surface area contributed by atoms with Crippen molar-refractivity contribution in [3.63, 3.8) is 0 Å². The van der Waals surface area contributed by atoms with Crippen LogP contribution < -0.4 is 0 Å². The van der Waals surface area contributed by atoms with Gasteiger partial charge in [0.25, 0.3) is 0 Å². The van der Waals surface area contributed by atoms with Gasteiger partial charge in [0.2, 0.25) is 0 Å². The van der Waals surface area contributed by atoms with Gasteiger partial charge in [0.05, 0.1) is 0 Å². The third kappa shape index (κ3) is 15.0. The monoisotopic (exact) mass is 620 g/mol. The molecule has 0 fully saturated rings. The molecule has 0 amide bonds. The molecule has 0 aromatic heterocycles. The van der Waals surface area contributed by atoms with E-state index in [0.29, 0.717) is 0 Å². The summed E-state index contributed by atoms with van der Waals surface area (Å²) in [6, 6.07) is 10.2. The van der Waals surface area contributed by atoms with E-state index >= 15 is 0 Å². The average molecular weight is 621 g/mol. The van der Waals surface area contributed by atoms with Gasteiger partial charge in [-0.05, 0) is 109 Å². The highest BCUT2D eigenvalue weighted by Crippen LogP contribution is 2.33. The predicted octanol–water partition coefficient (Wildman–Crippen LogP) is 7.89. The summed E-state index contributed by atoms with van der Waals surface area (Å²) in [5, 5.41) is 0. The van der Waals surface area contributed by atoms with Crippen molar-refractivity contribution in [1.82, 2.24) is 0 Å². The van der Waals surface area contributed by atoms with Crippen LogP contribution in [-0.2, 0) is 24.7 Å². The van der Waals surface area contributed by atoms with Crippen LogP contribution in [0.4, 0.5) is 0 Å². The zero-order valence-electron chi connectivity index (χ0n) is 25.5. The lowest BCUT2D eigenvalue weighted by molar-refractivity contribution is 0.113. The van der Waals surface area contributed by atoms with E-state index in [1.807, 2.05) is 23.9 Å². The second kappa shape index (κ2) is 12.2. The van der Waals surface area contributed by atoms with E-state index in [2.05, 4.69) is 116 Å². The number of hydrogen-bond acceptors (Lipinski definition) is 6. The average Bonchev–Trinajstić information content (AvgIpc) is 2.52. The van der Waals surface area contributed by atoms with Crippen LogP contribution in [0, 0.1) is 0 Å². The Morgan fingerprint density at radius 3 is 1.08 bits per heavy atom. The molecule has 0 saturated carbocycles. The zero-order valence-corrected chi connectivity index (χ0v) is 32.5. The number of rotatable bonds is 14. The topological polar surface area (TPSA) is 55.4 Å². The Balaban J connectivity index is 3.89. The standard InChI is InChI=1S/C23H52O6Si7/c1-30(2,3)24-35(25-31(4,5)6,22-21-23-19-17-16-18-20-23)29-36(26-32(7,8)9,27-33(10,11)12)28-34(13,14)15/h16-22H,1-15H3. The Labute approximate surface area is 229 Å². The summed E-state index contributed by atoms with van der Waals surface area (Å²) in [4.78, 5) is 0. The molecule has 0 spiro atoms. The molecule has 0 saturated heterocycles. The maximum absolute atomic E-state index is 7.18. The molecule has 6 nitrogen and oxygen atoms in total. The second-order valence-corrected chi connectivity index (χ2v) is 42.6. The molecule has 0 atom stereocenters. The lowest BCUT2D eigenvalue weighted by atomic mass is 10.2. The summed E-state index contributed by atoms with van der Waals surface area (Å²) >= 11 is 0. The molecule has 1 rings (SSSR count). The molecular weight excluding hydrogens is 569 g/mol. The Morgan fingerprint density at radius 2 is 0.778 bits per heavy atom. The quantitative estimate of drug-likeness (QED) is 0.197. The highest BCUT2D eigenvalue weighted by Gasteiger charge is 2.61. The molecule has 0 heterocycles. The first kappa shape index (κ1) is 34.3. The van der Waals surface area contributed by atoms with Crippen LogP contribution in [0.2, 0.25) is 98.2 Å². The molecule has 0 aliphatic heterocycles. The molecule has 0 radical (unpaired) electrons. The fraction of sp³-hybridized carbons (Fsp3) is 0.652. The van der Waals surface area contributed by atoms with E-state index in [9.17, 15) is 0 Å². The molecule has 0 aliphatic rings. The first-order valence-corrected chi connectivity index (χ1v) is 33.2. The second-order valence-electron chi connectivity index (χ2n) is 14.0. The van der Waals surface area contributed by atoms with Crippen molar-refractivity contribution in [2.75, 3.05) is 0 Å². The molecular formula is C23H52O6Si7. The van der Waals surface area contributed by atoms with Crippen LogP contribution in [0.3, 0.4) is 0 Å². The maximum atomic E-state index is 7.18. The van der Waals surface area contributed by atoms with Gasteiger partial charge < -0.3 is 24.7 Å². The Hall–Kier alpha value is 0.238. The van der Waals surface area contributed by atoms with Crippen LogP contribution in [0.15, 0.2) is 36.0 Å². The molecule has 1 aromatic rings. The van der Waals surface area contributed by atoms with Gasteiger partial charge in [-0.3, -0.25) is 0 Å². The van der Waals surface area contributed by atoms with Gasteiger partial charge in [0.15, 0.2) is 41.6 Å². The first-order chi connectivity index (χ1) is 15.8. The highest BCUT2D eigenvalue weighted by molar-refractivity contribution is 6.94. The molecule has 1 aromatic carbocycles. The van der Waals surface area contributed by atoms with Gasteiger partial charge in [-0.1, -0.05) is 36.4 Å². The van der Waals surface area contributed by atoms with Gasteiger partial charge in [-0.15, -0.1) is 0 Å². The largest absolute Gasteiger partial charge is 0.640 e. The van der Waals surface area contributed by atoms with Crippen molar-refractivity contribution in [3.8, 4) is 0 Å². The Bertz CT molecular complexity index is 791. The lowest BCUT2D eigenvalue weighted by Crippen LogP contribution is -2.69. The van der Waals surface area contributed by atoms with E-state index in [-0.39, 0.29) is 0 Å². The smallest absolute Gasteiger partial charge is 0.414 e. The summed E-state index contributed by atoms with van der Waals surface area (Å²) in [5.41, 5.74) is 3.10. The first-order valence-electron chi connectivity index (χ1n) is 12.8. The van der Waals surface area contributed by atoms with Gasteiger partial charge in [-0.25, -0.2) is 0 Å². The Morgan fingerprint density at radius 1 is 0.444 bits per heavy atom. The van der Waals surface area contributed by atoms with Crippen LogP contribution in [0.5, 0.6) is 0 Å². The summed E-state index contributed by atoms with van der Waals surface area (Å²) in [7, 11) is -17.9. The number of hydrogen-bond donors (Lipinski definition) is 0. The van der Waals surface area contributed by atoms with Crippen molar-refractivity contribution in [1.29, 1.82) is 0 Å². The van der Waals surface area contributed by atoms with E-state index in [4.69, 9.17) is 24.7 Å². The molecule has 0 N–H and O–H groups in total. The van der Waals surface area contributed by atoms with Crippen LogP contribution >= 0.6 is 0 Å². The minimum absolute atomic E-state index is 1.06. The lowest BCUT2D eigenvalue weighted by Gasteiger charge is -2.46. The van der Waals surface area contributed by atoms with E-state index in [0.717, 1.165) is 5.56 Å². The molecule has 13 heteroatoms. The third-order valence-corrected chi connectivity index (χ3v) is 24.0. The number of benzene rings is 1. The third-order valence-electron chi connectivity index (χ3n) is 3.74. The van der Waals surface area contributed by atoms with Gasteiger partial charge in [0, 0.05) is 0 Å². The SMILES string of the molecule is C[Si](C)(C)O[Si](C=Cc1ccccc1)(O[Si](C)(C)C)O[Si](O[Si](C)(C)C)(O[Si](C)(C)C)O[Si](C)(C)C. The minimum Gasteiger partial charge on any atom is -0.414 e. The molecule has 36 heavy (non-hydrogen) atoms. The molecule has 0 aliphatic carbocycles. The fourth-order valence-electron chi connectivity index (χ4n) is 3.20. The summed E-state index contributed by atoms with van der Waals surface area (Å²) in [6.07, 6.45) is 2.06. The Kier molecular flexibility index (Phi) is 11.6. The predicted molar refractivity (Wildman–Crippen MR) is 170 cm³/mol. The van der Waals surface area contributed by atoms with Crippen molar-refractivity contribution in [2.45, 2.75) is 98.2 Å². The summed E-state index contributed by atoms with van der Waals surface area (Å²) < 4.78 is 41.7. The minimum atomic E-state index is -3.68. The van der Waals surface area contributed by atoms with E-state index in [1.165, 1.54) is 0 Å². The maximum Gasteiger partial charge on any atom is 0.640 e. The molecule has 0 bridgehead atoms. The normalized spacial score (nSPS) is 15.1. The summed E-state index contributed by atoms with van der Waals surface area (Å²) in [6.45, 7) is 32.4. The van der Waals surface area contributed by atoms with Crippen molar-refractivity contribution >= 4 is 65.5 Å². The van der Waals surface area contributed by atoms with Crippen molar-refractivity contribution in [2.24, 2.45) is 0 Å². The van der Waals surface area contributed by atoms with Crippen LogP contribution in [-0.4, -0.2) is 59.4 Å². The van der Waals surface area contributed by atoms with Crippen molar-refractivity contribution < 1.29 is 24.7 Å². The van der Waals surface area contributed by atoms with Gasteiger partial charge in [-0.2, -0.15) is 0 Å². The van der Waals surface area contributed by atoms with Crippen LogP contribution in [0.1, 0.15) is 5.56 Å². The van der Waals surface area contributed by atoms with E-state index in [1.54, 1.807) is 0 Å². The fourth-order valence-corrected chi connectivity index (χ4v) is 26.5. The van der Waals surface area contributed by atoms with Crippen LogP contribution in [0.25, 0.3) is 6.08 Å².